The number of aromatic hydroxyl groups is 1. The van der Waals surface area contributed by atoms with Gasteiger partial charge in [-0.05, 0) is 51.8 Å². The first-order valence-corrected chi connectivity index (χ1v) is 8.22. The highest BCUT2D eigenvalue weighted by atomic mass is 79.9. The standard InChI is InChI=1S/C16H23BrN2O3/c1-16(2,3)22-15(21)19-13-7-12(8-13)18-9-10-6-11(17)4-5-14(10)20/h4-6,12-13,18,20H,7-9H2,1-3H3,(H,19,21). The molecule has 0 radical (unpaired) electrons. The van der Waals surface area contributed by atoms with Crippen LogP contribution in [0.4, 0.5) is 4.79 Å². The number of benzene rings is 1. The molecule has 1 aliphatic rings. The van der Waals surface area contributed by atoms with Crippen molar-refractivity contribution in [1.82, 2.24) is 10.6 Å². The van der Waals surface area contributed by atoms with Crippen molar-refractivity contribution in [3.63, 3.8) is 0 Å². The van der Waals surface area contributed by atoms with Crippen LogP contribution in [0, 0.1) is 0 Å². The normalized spacial score (nSPS) is 21.1. The Morgan fingerprint density at radius 1 is 1.36 bits per heavy atom. The van der Waals surface area contributed by atoms with Crippen molar-refractivity contribution in [2.45, 2.75) is 57.8 Å². The minimum atomic E-state index is -0.469. The van der Waals surface area contributed by atoms with Gasteiger partial charge in [-0.15, -0.1) is 0 Å². The van der Waals surface area contributed by atoms with Crippen molar-refractivity contribution in [2.75, 3.05) is 0 Å². The Kier molecular flexibility index (Phi) is 5.34. The Balaban J connectivity index is 1.69. The molecule has 22 heavy (non-hydrogen) atoms. The van der Waals surface area contributed by atoms with Crippen molar-refractivity contribution in [3.8, 4) is 5.75 Å². The Morgan fingerprint density at radius 3 is 2.68 bits per heavy atom. The molecule has 0 unspecified atom stereocenters. The van der Waals surface area contributed by atoms with Gasteiger partial charge in [0.2, 0.25) is 0 Å². The second-order valence-electron chi connectivity index (χ2n) is 6.67. The van der Waals surface area contributed by atoms with E-state index in [2.05, 4.69) is 26.6 Å². The van der Waals surface area contributed by atoms with E-state index in [0.29, 0.717) is 18.3 Å². The highest BCUT2D eigenvalue weighted by molar-refractivity contribution is 9.10. The van der Waals surface area contributed by atoms with Crippen molar-refractivity contribution >= 4 is 22.0 Å². The second kappa shape index (κ2) is 6.87. The van der Waals surface area contributed by atoms with Crippen LogP contribution >= 0.6 is 15.9 Å². The van der Waals surface area contributed by atoms with Gasteiger partial charge in [0.05, 0.1) is 0 Å². The molecule has 0 atom stereocenters. The molecule has 122 valence electrons. The molecule has 1 amide bonds. The molecule has 1 saturated carbocycles. The van der Waals surface area contributed by atoms with Crippen LogP contribution in [-0.4, -0.2) is 28.9 Å². The molecule has 2 rings (SSSR count). The van der Waals surface area contributed by atoms with E-state index in [0.717, 1.165) is 22.9 Å². The fraction of sp³-hybridized carbons (Fsp3) is 0.562. The van der Waals surface area contributed by atoms with Gasteiger partial charge in [-0.2, -0.15) is 0 Å². The number of hydrogen-bond donors (Lipinski definition) is 3. The zero-order valence-electron chi connectivity index (χ0n) is 13.1. The van der Waals surface area contributed by atoms with Crippen molar-refractivity contribution in [2.24, 2.45) is 0 Å². The van der Waals surface area contributed by atoms with Gasteiger partial charge in [0.15, 0.2) is 0 Å². The van der Waals surface area contributed by atoms with Crippen LogP contribution < -0.4 is 10.6 Å². The highest BCUT2D eigenvalue weighted by Crippen LogP contribution is 2.24. The van der Waals surface area contributed by atoms with Crippen LogP contribution in [0.15, 0.2) is 22.7 Å². The molecule has 5 nitrogen and oxygen atoms in total. The van der Waals surface area contributed by atoms with E-state index in [1.807, 2.05) is 32.9 Å². The van der Waals surface area contributed by atoms with Crippen LogP contribution in [0.25, 0.3) is 0 Å². The average Bonchev–Trinajstić information content (AvgIpc) is 2.33. The lowest BCUT2D eigenvalue weighted by molar-refractivity contribution is 0.0465. The van der Waals surface area contributed by atoms with Crippen LogP contribution in [0.5, 0.6) is 5.75 Å². The molecule has 1 fully saturated rings. The number of carbonyl (C=O) groups excluding carboxylic acids is 1. The molecule has 1 aliphatic carbocycles. The van der Waals surface area contributed by atoms with Gasteiger partial charge in [-0.25, -0.2) is 4.79 Å². The third-order valence-electron chi connectivity index (χ3n) is 3.48. The summed E-state index contributed by atoms with van der Waals surface area (Å²) in [6.45, 7) is 6.15. The molecule has 0 spiro atoms. The topological polar surface area (TPSA) is 70.6 Å². The second-order valence-corrected chi connectivity index (χ2v) is 7.58. The average molecular weight is 371 g/mol. The maximum atomic E-state index is 11.6. The fourth-order valence-corrected chi connectivity index (χ4v) is 2.74. The maximum Gasteiger partial charge on any atom is 0.407 e. The molecule has 0 aliphatic heterocycles. The first kappa shape index (κ1) is 17.1. The van der Waals surface area contributed by atoms with Gasteiger partial charge in [-0.1, -0.05) is 15.9 Å². The fourth-order valence-electron chi connectivity index (χ4n) is 2.33. The molecule has 6 heteroatoms. The highest BCUT2D eigenvalue weighted by Gasteiger charge is 2.31. The van der Waals surface area contributed by atoms with Gasteiger partial charge in [-0.3, -0.25) is 0 Å². The number of amides is 1. The predicted octanol–water partition coefficient (Wildman–Crippen LogP) is 3.30. The van der Waals surface area contributed by atoms with E-state index in [4.69, 9.17) is 4.74 Å². The van der Waals surface area contributed by atoms with E-state index in [1.165, 1.54) is 0 Å². The first-order valence-electron chi connectivity index (χ1n) is 7.43. The van der Waals surface area contributed by atoms with Crippen LogP contribution in [-0.2, 0) is 11.3 Å². The van der Waals surface area contributed by atoms with Crippen molar-refractivity contribution in [3.05, 3.63) is 28.2 Å². The van der Waals surface area contributed by atoms with Crippen LogP contribution in [0.2, 0.25) is 0 Å². The van der Waals surface area contributed by atoms with Gasteiger partial charge >= 0.3 is 6.09 Å². The number of nitrogens with one attached hydrogen (secondary N) is 2. The maximum absolute atomic E-state index is 11.6. The number of hydrogen-bond acceptors (Lipinski definition) is 4. The number of ether oxygens (including phenoxy) is 1. The summed E-state index contributed by atoms with van der Waals surface area (Å²) < 4.78 is 6.17. The number of phenols is 1. The third-order valence-corrected chi connectivity index (χ3v) is 3.97. The molecule has 0 saturated heterocycles. The molecule has 0 heterocycles. The first-order chi connectivity index (χ1) is 10.2. The summed E-state index contributed by atoms with van der Waals surface area (Å²) in [6, 6.07) is 5.89. The summed E-state index contributed by atoms with van der Waals surface area (Å²) in [5, 5.41) is 16.0. The molecule has 0 aromatic heterocycles. The summed E-state index contributed by atoms with van der Waals surface area (Å²) in [7, 11) is 0. The summed E-state index contributed by atoms with van der Waals surface area (Å²) in [4.78, 5) is 11.6. The van der Waals surface area contributed by atoms with E-state index in [-0.39, 0.29) is 12.1 Å². The minimum Gasteiger partial charge on any atom is -0.508 e. The third kappa shape index (κ3) is 5.18. The Bertz CT molecular complexity index is 537. The zero-order valence-corrected chi connectivity index (χ0v) is 14.7. The van der Waals surface area contributed by atoms with Crippen LogP contribution in [0.3, 0.4) is 0 Å². The zero-order chi connectivity index (χ0) is 16.3. The van der Waals surface area contributed by atoms with Gasteiger partial charge in [0, 0.05) is 28.7 Å². The number of phenolic OH excluding ortho intramolecular Hbond substituents is 1. The number of alkyl carbamates (subject to hydrolysis) is 1. The van der Waals surface area contributed by atoms with Crippen molar-refractivity contribution < 1.29 is 14.6 Å². The number of carbonyl (C=O) groups is 1. The van der Waals surface area contributed by atoms with E-state index in [1.54, 1.807) is 6.07 Å². The van der Waals surface area contributed by atoms with Gasteiger partial charge < -0.3 is 20.5 Å². The van der Waals surface area contributed by atoms with E-state index < -0.39 is 5.60 Å². The monoisotopic (exact) mass is 370 g/mol. The Hall–Kier alpha value is -1.27. The van der Waals surface area contributed by atoms with E-state index >= 15 is 0 Å². The molecule has 0 bridgehead atoms. The Morgan fingerprint density at radius 2 is 2.05 bits per heavy atom. The van der Waals surface area contributed by atoms with Crippen LogP contribution in [0.1, 0.15) is 39.2 Å². The predicted molar refractivity (Wildman–Crippen MR) is 88.8 cm³/mol. The largest absolute Gasteiger partial charge is 0.508 e. The summed E-state index contributed by atoms with van der Waals surface area (Å²) in [6.07, 6.45) is 1.38. The lowest BCUT2D eigenvalue weighted by Crippen LogP contribution is -2.52. The smallest absolute Gasteiger partial charge is 0.407 e. The van der Waals surface area contributed by atoms with Gasteiger partial charge in [0.25, 0.3) is 0 Å². The molecular weight excluding hydrogens is 348 g/mol. The quantitative estimate of drug-likeness (QED) is 0.760. The lowest BCUT2D eigenvalue weighted by Gasteiger charge is -2.36. The molecule has 1 aromatic carbocycles. The number of rotatable bonds is 4. The minimum absolute atomic E-state index is 0.156. The lowest BCUT2D eigenvalue weighted by atomic mass is 9.86. The number of halogens is 1. The molecule has 3 N–H and O–H groups in total. The van der Waals surface area contributed by atoms with Crippen molar-refractivity contribution in [1.29, 1.82) is 0 Å². The van der Waals surface area contributed by atoms with Gasteiger partial charge in [0.1, 0.15) is 11.4 Å². The van der Waals surface area contributed by atoms with E-state index in [9.17, 15) is 9.90 Å². The summed E-state index contributed by atoms with van der Waals surface area (Å²) >= 11 is 3.39. The Labute approximate surface area is 139 Å². The summed E-state index contributed by atoms with van der Waals surface area (Å²) in [5.74, 6) is 0.290. The SMILES string of the molecule is CC(C)(C)OC(=O)NC1CC(NCc2cc(Br)ccc2O)C1. The molecule has 1 aromatic rings. The summed E-state index contributed by atoms with van der Waals surface area (Å²) in [5.41, 5.74) is 0.391. The molecular formula is C16H23BrN2O3.